The summed E-state index contributed by atoms with van der Waals surface area (Å²) in [7, 11) is 0. The molecule has 0 spiro atoms. The molecule has 2 aromatic carbocycles. The lowest BCUT2D eigenvalue weighted by Crippen LogP contribution is -2.23. The number of benzene rings is 2. The van der Waals surface area contributed by atoms with Crippen LogP contribution >= 0.6 is 0 Å². The minimum Gasteiger partial charge on any atom is -0.348 e. The van der Waals surface area contributed by atoms with Gasteiger partial charge in [0.1, 0.15) is 0 Å². The van der Waals surface area contributed by atoms with Crippen molar-refractivity contribution in [2.75, 3.05) is 0 Å². The normalized spacial score (nSPS) is 10.7. The van der Waals surface area contributed by atoms with E-state index in [1.165, 1.54) is 0 Å². The largest absolute Gasteiger partial charge is 0.348 e. The van der Waals surface area contributed by atoms with E-state index in [9.17, 15) is 4.79 Å². The van der Waals surface area contributed by atoms with Gasteiger partial charge < -0.3 is 5.32 Å². The summed E-state index contributed by atoms with van der Waals surface area (Å²) in [5.41, 5.74) is 3.64. The molecule has 0 aliphatic heterocycles. The van der Waals surface area contributed by atoms with Crippen LogP contribution in [-0.2, 0) is 13.1 Å². The molecule has 4 aromatic rings. The fourth-order valence-electron chi connectivity index (χ4n) is 2.89. The molecule has 2 aromatic heterocycles. The monoisotopic (exact) mass is 357 g/mol. The van der Waals surface area contributed by atoms with Crippen molar-refractivity contribution in [3.05, 3.63) is 102 Å². The van der Waals surface area contributed by atoms with Crippen molar-refractivity contribution in [3.63, 3.8) is 0 Å². The summed E-state index contributed by atoms with van der Waals surface area (Å²) >= 11 is 0. The van der Waals surface area contributed by atoms with Crippen LogP contribution in [0.3, 0.4) is 0 Å². The third-order valence-electron chi connectivity index (χ3n) is 4.31. The number of rotatable bonds is 6. The molecule has 0 atom stereocenters. The first kappa shape index (κ1) is 16.8. The Labute approximate surface area is 157 Å². The summed E-state index contributed by atoms with van der Waals surface area (Å²) in [6, 6.07) is 19.6. The highest BCUT2D eigenvalue weighted by Crippen LogP contribution is 2.11. The van der Waals surface area contributed by atoms with Gasteiger partial charge in [0.05, 0.1) is 24.0 Å². The molecule has 27 heavy (non-hydrogen) atoms. The topological polar surface area (TPSA) is 64.7 Å². The second-order valence-electron chi connectivity index (χ2n) is 6.16. The summed E-state index contributed by atoms with van der Waals surface area (Å²) in [4.78, 5) is 12.5. The fraction of sp³-hybridized carbons (Fsp3) is 0.0952. The fourth-order valence-corrected chi connectivity index (χ4v) is 2.89. The van der Waals surface area contributed by atoms with Gasteiger partial charge in [-0.05, 0) is 29.3 Å². The van der Waals surface area contributed by atoms with Gasteiger partial charge in [-0.2, -0.15) is 10.2 Å². The minimum atomic E-state index is -0.147. The van der Waals surface area contributed by atoms with E-state index in [1.54, 1.807) is 23.3 Å². The summed E-state index contributed by atoms with van der Waals surface area (Å²) in [5, 5.41) is 11.5. The second kappa shape index (κ2) is 7.70. The number of amides is 1. The first-order valence-corrected chi connectivity index (χ1v) is 8.72. The Morgan fingerprint density at radius 3 is 2.48 bits per heavy atom. The quantitative estimate of drug-likeness (QED) is 0.577. The number of para-hydroxylation sites is 1. The van der Waals surface area contributed by atoms with Gasteiger partial charge in [0.25, 0.3) is 5.91 Å². The standard InChI is InChI=1S/C21H19N5O/c27-21(19-14-24-26(16-19)20-9-2-1-3-10-20)22-13-17-7-4-5-8-18(17)15-25-12-6-11-23-25/h1-12,14,16H,13,15H2,(H,22,27). The van der Waals surface area contributed by atoms with Gasteiger partial charge in [-0.3, -0.25) is 9.48 Å². The second-order valence-corrected chi connectivity index (χ2v) is 6.16. The Balaban J connectivity index is 1.44. The highest BCUT2D eigenvalue weighted by atomic mass is 16.1. The molecule has 0 aliphatic carbocycles. The smallest absolute Gasteiger partial charge is 0.254 e. The number of hydrogen-bond acceptors (Lipinski definition) is 3. The van der Waals surface area contributed by atoms with Crippen molar-refractivity contribution >= 4 is 5.91 Å². The molecule has 0 aliphatic rings. The Bertz CT molecular complexity index is 1020. The molecule has 1 N–H and O–H groups in total. The van der Waals surface area contributed by atoms with E-state index in [1.807, 2.05) is 65.5 Å². The van der Waals surface area contributed by atoms with Crippen LogP contribution in [-0.4, -0.2) is 25.5 Å². The maximum absolute atomic E-state index is 12.5. The van der Waals surface area contributed by atoms with Crippen molar-refractivity contribution in [3.8, 4) is 5.69 Å². The molecule has 0 bridgehead atoms. The van der Waals surface area contributed by atoms with Gasteiger partial charge in [-0.1, -0.05) is 42.5 Å². The van der Waals surface area contributed by atoms with Gasteiger partial charge in [-0.25, -0.2) is 4.68 Å². The molecule has 4 rings (SSSR count). The zero-order chi connectivity index (χ0) is 18.5. The van der Waals surface area contributed by atoms with Crippen LogP contribution in [0, 0.1) is 0 Å². The maximum Gasteiger partial charge on any atom is 0.254 e. The van der Waals surface area contributed by atoms with Gasteiger partial charge in [0.15, 0.2) is 0 Å². The molecule has 0 fully saturated rings. The summed E-state index contributed by atoms with van der Waals surface area (Å²) in [6.07, 6.45) is 7.00. The summed E-state index contributed by atoms with van der Waals surface area (Å²) in [6.45, 7) is 1.12. The van der Waals surface area contributed by atoms with Gasteiger partial charge >= 0.3 is 0 Å². The number of nitrogens with zero attached hydrogens (tertiary/aromatic N) is 4. The van der Waals surface area contributed by atoms with E-state index in [0.717, 1.165) is 16.8 Å². The molecule has 134 valence electrons. The highest BCUT2D eigenvalue weighted by Gasteiger charge is 2.10. The lowest BCUT2D eigenvalue weighted by atomic mass is 10.1. The Morgan fingerprint density at radius 2 is 1.70 bits per heavy atom. The minimum absolute atomic E-state index is 0.147. The number of hydrogen-bond donors (Lipinski definition) is 1. The average molecular weight is 357 g/mol. The van der Waals surface area contributed by atoms with E-state index < -0.39 is 0 Å². The number of aromatic nitrogens is 4. The summed E-state index contributed by atoms with van der Waals surface area (Å²) in [5.74, 6) is -0.147. The van der Waals surface area contributed by atoms with Crippen molar-refractivity contribution < 1.29 is 4.79 Å². The average Bonchev–Trinajstić information content (AvgIpc) is 3.40. The van der Waals surface area contributed by atoms with Crippen LogP contribution < -0.4 is 5.32 Å². The number of carbonyl (C=O) groups is 1. The molecule has 0 radical (unpaired) electrons. The SMILES string of the molecule is O=C(NCc1ccccc1Cn1cccn1)c1cnn(-c2ccccc2)c1. The zero-order valence-electron chi connectivity index (χ0n) is 14.7. The Hall–Kier alpha value is -3.67. The van der Waals surface area contributed by atoms with Crippen molar-refractivity contribution in [1.82, 2.24) is 24.9 Å². The van der Waals surface area contributed by atoms with Gasteiger partial charge in [0, 0.05) is 25.1 Å². The van der Waals surface area contributed by atoms with Crippen LogP contribution in [0.2, 0.25) is 0 Å². The summed E-state index contributed by atoms with van der Waals surface area (Å²) < 4.78 is 3.56. The Kier molecular flexibility index (Phi) is 4.78. The Morgan fingerprint density at radius 1 is 0.926 bits per heavy atom. The van der Waals surface area contributed by atoms with Crippen LogP contribution in [0.1, 0.15) is 21.5 Å². The van der Waals surface area contributed by atoms with Gasteiger partial charge in [0.2, 0.25) is 0 Å². The van der Waals surface area contributed by atoms with E-state index in [4.69, 9.17) is 0 Å². The third-order valence-corrected chi connectivity index (χ3v) is 4.31. The molecule has 0 unspecified atom stereocenters. The molecule has 6 heteroatoms. The third kappa shape index (κ3) is 3.95. The van der Waals surface area contributed by atoms with Crippen molar-refractivity contribution in [2.45, 2.75) is 13.1 Å². The van der Waals surface area contributed by atoms with Gasteiger partial charge in [-0.15, -0.1) is 0 Å². The van der Waals surface area contributed by atoms with Crippen molar-refractivity contribution in [1.29, 1.82) is 0 Å². The van der Waals surface area contributed by atoms with Crippen LogP contribution in [0.5, 0.6) is 0 Å². The zero-order valence-corrected chi connectivity index (χ0v) is 14.7. The van der Waals surface area contributed by atoms with E-state index in [0.29, 0.717) is 18.7 Å². The lowest BCUT2D eigenvalue weighted by Gasteiger charge is -2.10. The first-order chi connectivity index (χ1) is 13.3. The predicted molar refractivity (Wildman–Crippen MR) is 103 cm³/mol. The van der Waals surface area contributed by atoms with Crippen LogP contribution in [0.25, 0.3) is 5.69 Å². The van der Waals surface area contributed by atoms with E-state index in [-0.39, 0.29) is 5.91 Å². The van der Waals surface area contributed by atoms with E-state index >= 15 is 0 Å². The van der Waals surface area contributed by atoms with Crippen molar-refractivity contribution in [2.24, 2.45) is 0 Å². The first-order valence-electron chi connectivity index (χ1n) is 8.72. The predicted octanol–water partition coefficient (Wildman–Crippen LogP) is 3.05. The molecule has 6 nitrogen and oxygen atoms in total. The molecular formula is C21H19N5O. The number of carbonyl (C=O) groups excluding carboxylic acids is 1. The maximum atomic E-state index is 12.5. The molecule has 2 heterocycles. The molecule has 0 saturated carbocycles. The lowest BCUT2D eigenvalue weighted by molar-refractivity contribution is 0.0951. The molecular weight excluding hydrogens is 338 g/mol. The van der Waals surface area contributed by atoms with E-state index in [2.05, 4.69) is 21.6 Å². The highest BCUT2D eigenvalue weighted by molar-refractivity contribution is 5.93. The number of nitrogens with one attached hydrogen (secondary N) is 1. The molecule has 1 amide bonds. The van der Waals surface area contributed by atoms with Crippen LogP contribution in [0.4, 0.5) is 0 Å². The molecule has 0 saturated heterocycles. The van der Waals surface area contributed by atoms with Crippen LogP contribution in [0.15, 0.2) is 85.5 Å².